The average molecular weight is 350 g/mol. The molecule has 0 N–H and O–H groups in total. The minimum atomic E-state index is 0.538. The molecule has 2 aromatic heterocycles. The summed E-state index contributed by atoms with van der Waals surface area (Å²) in [4.78, 5) is 8.17. The van der Waals surface area contributed by atoms with Gasteiger partial charge in [-0.2, -0.15) is 0 Å². The molecule has 0 saturated heterocycles. The highest BCUT2D eigenvalue weighted by Gasteiger charge is 2.22. The van der Waals surface area contributed by atoms with Gasteiger partial charge in [-0.1, -0.05) is 42.5 Å². The van der Waals surface area contributed by atoms with Crippen molar-refractivity contribution in [1.29, 1.82) is 0 Å². The molecular weight excluding hydrogens is 334 g/mol. The van der Waals surface area contributed by atoms with Crippen molar-refractivity contribution in [3.8, 4) is 11.3 Å². The van der Waals surface area contributed by atoms with Crippen molar-refractivity contribution >= 4 is 38.5 Å². The maximum Gasteiger partial charge on any atom is 0.287 e. The number of benzene rings is 3. The number of hydrogen-bond acceptors (Lipinski definition) is 2. The minimum Gasteiger partial charge on any atom is -0.466 e. The molecule has 0 amide bonds. The zero-order valence-corrected chi connectivity index (χ0v) is 15.0. The van der Waals surface area contributed by atoms with Crippen molar-refractivity contribution in [2.45, 2.75) is 6.92 Å². The third-order valence-electron chi connectivity index (χ3n) is 5.09. The van der Waals surface area contributed by atoms with Gasteiger partial charge in [-0.15, -0.1) is 0 Å². The highest BCUT2D eigenvalue weighted by atomic mass is 16.3. The molecule has 0 saturated carbocycles. The van der Waals surface area contributed by atoms with E-state index in [4.69, 9.17) is 11.0 Å². The summed E-state index contributed by atoms with van der Waals surface area (Å²) in [6.07, 6.45) is 1.84. The van der Waals surface area contributed by atoms with Gasteiger partial charge in [-0.25, -0.2) is 9.41 Å². The minimum absolute atomic E-state index is 0.538. The van der Waals surface area contributed by atoms with E-state index in [9.17, 15) is 0 Å². The van der Waals surface area contributed by atoms with Crippen LogP contribution in [0.5, 0.6) is 0 Å². The van der Waals surface area contributed by atoms with Gasteiger partial charge in [-0.05, 0) is 29.6 Å². The fraction of sp³-hybridized carbons (Fsp3) is 0.0870. The van der Waals surface area contributed by atoms with Gasteiger partial charge in [0.1, 0.15) is 16.9 Å². The molecule has 0 aliphatic carbocycles. The maximum atomic E-state index is 7.45. The Bertz CT molecular complexity index is 1410. The lowest BCUT2D eigenvalue weighted by Crippen LogP contribution is -2.31. The molecule has 5 aromatic rings. The molecule has 0 bridgehead atoms. The number of fused-ring (bicyclic) bond motifs is 4. The van der Waals surface area contributed by atoms with Crippen molar-refractivity contribution in [3.05, 3.63) is 77.9 Å². The summed E-state index contributed by atoms with van der Waals surface area (Å²) in [5.74, 6) is 0. The number of para-hydroxylation sites is 2. The smallest absolute Gasteiger partial charge is 0.287 e. The van der Waals surface area contributed by atoms with Crippen LogP contribution in [0.2, 0.25) is 0 Å². The van der Waals surface area contributed by atoms with E-state index in [2.05, 4.69) is 35.0 Å². The number of hydrogen-bond donors (Lipinski definition) is 0. The molecule has 128 valence electrons. The Morgan fingerprint density at radius 1 is 0.926 bits per heavy atom. The average Bonchev–Trinajstić information content (AvgIpc) is 3.07. The lowest BCUT2D eigenvalue weighted by molar-refractivity contribution is -0.662. The SMILES string of the molecule is [C-]#[N+]c1cccc2c1oc1c(-c3c4ccccc4nc[n+]3C)c(C)ccc12. The molecule has 0 unspecified atom stereocenters. The van der Waals surface area contributed by atoms with Crippen LogP contribution in [-0.4, -0.2) is 4.98 Å². The highest BCUT2D eigenvalue weighted by molar-refractivity contribution is 6.14. The monoisotopic (exact) mass is 350 g/mol. The van der Waals surface area contributed by atoms with Crippen LogP contribution in [0.1, 0.15) is 5.56 Å². The van der Waals surface area contributed by atoms with E-state index in [1.54, 1.807) is 6.07 Å². The highest BCUT2D eigenvalue weighted by Crippen LogP contribution is 2.41. The van der Waals surface area contributed by atoms with Crippen LogP contribution in [0, 0.1) is 13.5 Å². The second-order valence-electron chi connectivity index (χ2n) is 6.72. The molecule has 3 aromatic carbocycles. The van der Waals surface area contributed by atoms with Crippen molar-refractivity contribution in [1.82, 2.24) is 4.98 Å². The molecule has 0 atom stereocenters. The number of rotatable bonds is 1. The summed E-state index contributed by atoms with van der Waals surface area (Å²) >= 11 is 0. The standard InChI is InChI=1S/C23H16N3O/c1-14-11-12-16-15-8-6-10-19(24-2)22(15)27-23(16)20(14)21-17-7-4-5-9-18(17)25-13-26(21)3/h4-13H,1,3H3/q+1. The Kier molecular flexibility index (Phi) is 3.25. The van der Waals surface area contributed by atoms with Crippen LogP contribution < -0.4 is 4.57 Å². The molecule has 27 heavy (non-hydrogen) atoms. The number of aryl methyl sites for hydroxylation is 2. The fourth-order valence-electron chi connectivity index (χ4n) is 3.82. The normalized spacial score (nSPS) is 11.3. The fourth-order valence-corrected chi connectivity index (χ4v) is 3.82. The molecule has 0 spiro atoms. The molecule has 0 fully saturated rings. The zero-order valence-electron chi connectivity index (χ0n) is 15.0. The van der Waals surface area contributed by atoms with Crippen molar-refractivity contribution in [2.24, 2.45) is 7.05 Å². The van der Waals surface area contributed by atoms with Crippen LogP contribution in [0.4, 0.5) is 5.69 Å². The lowest BCUT2D eigenvalue weighted by atomic mass is 9.98. The van der Waals surface area contributed by atoms with E-state index < -0.39 is 0 Å². The third-order valence-corrected chi connectivity index (χ3v) is 5.09. The van der Waals surface area contributed by atoms with E-state index in [0.29, 0.717) is 11.3 Å². The van der Waals surface area contributed by atoms with Crippen LogP contribution in [0.3, 0.4) is 0 Å². The Morgan fingerprint density at radius 2 is 1.70 bits per heavy atom. The molecule has 2 heterocycles. The maximum absolute atomic E-state index is 7.45. The summed E-state index contributed by atoms with van der Waals surface area (Å²) in [5, 5.41) is 3.07. The lowest BCUT2D eigenvalue weighted by Gasteiger charge is -2.09. The van der Waals surface area contributed by atoms with E-state index in [1.807, 2.05) is 48.3 Å². The Hall–Kier alpha value is -3.71. The molecule has 5 rings (SSSR count). The number of aromatic nitrogens is 2. The van der Waals surface area contributed by atoms with Gasteiger partial charge in [0, 0.05) is 10.8 Å². The topological polar surface area (TPSA) is 34.3 Å². The molecular formula is C23H16N3O+. The molecule has 4 nitrogen and oxygen atoms in total. The van der Waals surface area contributed by atoms with Gasteiger partial charge >= 0.3 is 0 Å². The zero-order chi connectivity index (χ0) is 18.5. The number of nitrogens with zero attached hydrogens (tertiary/aromatic N) is 3. The summed E-state index contributed by atoms with van der Waals surface area (Å²) in [6, 6.07) is 18.0. The van der Waals surface area contributed by atoms with E-state index in [0.717, 1.165) is 44.1 Å². The third kappa shape index (κ3) is 2.15. The summed E-state index contributed by atoms with van der Waals surface area (Å²) in [7, 11) is 2.00. The van der Waals surface area contributed by atoms with E-state index in [1.165, 1.54) is 0 Å². The summed E-state index contributed by atoms with van der Waals surface area (Å²) in [5.41, 5.74) is 6.17. The van der Waals surface area contributed by atoms with Crippen LogP contribution in [0.15, 0.2) is 65.3 Å². The first kappa shape index (κ1) is 15.5. The van der Waals surface area contributed by atoms with Gasteiger partial charge < -0.3 is 4.42 Å². The first-order chi connectivity index (χ1) is 13.2. The molecule has 0 aliphatic rings. The quantitative estimate of drug-likeness (QED) is 0.296. The summed E-state index contributed by atoms with van der Waals surface area (Å²) < 4.78 is 8.33. The largest absolute Gasteiger partial charge is 0.466 e. The Labute approximate surface area is 156 Å². The molecule has 0 radical (unpaired) electrons. The first-order valence-corrected chi connectivity index (χ1v) is 8.75. The van der Waals surface area contributed by atoms with Crippen molar-refractivity contribution in [2.75, 3.05) is 0 Å². The second-order valence-corrected chi connectivity index (χ2v) is 6.72. The Morgan fingerprint density at radius 3 is 2.56 bits per heavy atom. The predicted molar refractivity (Wildman–Crippen MR) is 107 cm³/mol. The van der Waals surface area contributed by atoms with Gasteiger partial charge in [0.15, 0.2) is 5.52 Å². The molecule has 0 aliphatic heterocycles. The second kappa shape index (κ2) is 5.65. The first-order valence-electron chi connectivity index (χ1n) is 8.75. The van der Waals surface area contributed by atoms with Gasteiger partial charge in [0.05, 0.1) is 24.6 Å². The predicted octanol–water partition coefficient (Wildman–Crippen LogP) is 5.48. The van der Waals surface area contributed by atoms with E-state index >= 15 is 0 Å². The molecule has 4 heteroatoms. The summed E-state index contributed by atoms with van der Waals surface area (Å²) in [6.45, 7) is 9.54. The van der Waals surface area contributed by atoms with Gasteiger partial charge in [0.2, 0.25) is 5.69 Å². The van der Waals surface area contributed by atoms with Crippen molar-refractivity contribution < 1.29 is 8.98 Å². The Balaban J connectivity index is 2.00. The van der Waals surface area contributed by atoms with E-state index in [-0.39, 0.29) is 0 Å². The van der Waals surface area contributed by atoms with Gasteiger partial charge in [-0.3, -0.25) is 0 Å². The van der Waals surface area contributed by atoms with Crippen LogP contribution in [-0.2, 0) is 7.05 Å². The van der Waals surface area contributed by atoms with Crippen LogP contribution in [0.25, 0.3) is 48.9 Å². The van der Waals surface area contributed by atoms with Crippen LogP contribution >= 0.6 is 0 Å². The van der Waals surface area contributed by atoms with Crippen molar-refractivity contribution in [3.63, 3.8) is 0 Å². The van der Waals surface area contributed by atoms with Gasteiger partial charge in [0.25, 0.3) is 6.33 Å². The number of furan rings is 1.